The van der Waals surface area contributed by atoms with Gasteiger partial charge < -0.3 is 0 Å². The van der Waals surface area contributed by atoms with Gasteiger partial charge in [0.2, 0.25) is 0 Å². The summed E-state index contributed by atoms with van der Waals surface area (Å²) in [5.74, 6) is 5.77. The molecule has 0 N–H and O–H groups in total. The van der Waals surface area contributed by atoms with Crippen molar-refractivity contribution in [1.82, 2.24) is 44.9 Å². The molecule has 0 saturated heterocycles. The maximum Gasteiger partial charge on any atom is 0.187 e. The number of hydrogen-bond acceptors (Lipinski definition) is 10. The van der Waals surface area contributed by atoms with Crippen LogP contribution >= 0.6 is 0 Å². The molecule has 0 radical (unpaired) electrons. The molecule has 672 valence electrons. The van der Waals surface area contributed by atoms with Gasteiger partial charge in [-0.1, -0.05) is 461 Å². The van der Waals surface area contributed by atoms with Gasteiger partial charge in [-0.05, 0) is 181 Å². The third kappa shape index (κ3) is 19.7. The van der Waals surface area contributed by atoms with E-state index in [-0.39, 0.29) is 0 Å². The summed E-state index contributed by atoms with van der Waals surface area (Å²) in [6.07, 6.45) is 0. The van der Waals surface area contributed by atoms with Gasteiger partial charge in [0.05, 0.1) is 24.8 Å². The van der Waals surface area contributed by atoms with Crippen molar-refractivity contribution in [2.75, 3.05) is 0 Å². The number of nitriles is 1. The van der Waals surface area contributed by atoms with Crippen molar-refractivity contribution < 1.29 is 0 Å². The van der Waals surface area contributed by atoms with Crippen LogP contribution in [-0.2, 0) is 0 Å². The predicted octanol–water partition coefficient (Wildman–Crippen LogP) is 34.1. The largest absolute Gasteiger partial charge is 0.238 e. The van der Waals surface area contributed by atoms with Gasteiger partial charge >= 0.3 is 0 Å². The topological polar surface area (TPSA) is 149 Å². The summed E-state index contributed by atoms with van der Waals surface area (Å²) in [4.78, 5) is 51.2. The van der Waals surface area contributed by atoms with Crippen LogP contribution in [-0.4, -0.2) is 44.9 Å². The van der Waals surface area contributed by atoms with Crippen LogP contribution in [0.25, 0.3) is 245 Å². The molecule has 0 aliphatic rings. The Hall–Kier alpha value is -20.1. The number of hydrogen-bond donors (Lipinski definition) is 0. The highest BCUT2D eigenvalue weighted by Gasteiger charge is 2.21. The molecule has 12 nitrogen and oxygen atoms in total. The Kier molecular flexibility index (Phi) is 25.4. The maximum absolute atomic E-state index is 9.30. The van der Waals surface area contributed by atoms with Gasteiger partial charge in [0, 0.05) is 50.1 Å². The first-order chi connectivity index (χ1) is 71.1. The fourth-order valence-corrected chi connectivity index (χ4v) is 18.2. The van der Waals surface area contributed by atoms with Crippen molar-refractivity contribution >= 4 is 43.7 Å². The van der Waals surface area contributed by atoms with Gasteiger partial charge in [-0.3, -0.25) is 0 Å². The molecule has 3 heterocycles. The maximum atomic E-state index is 9.30. The van der Waals surface area contributed by atoms with E-state index in [0.29, 0.717) is 69.4 Å². The predicted molar refractivity (Wildman–Crippen MR) is 587 cm³/mol. The molecule has 0 atom stereocenters. The number of benzene rings is 21. The molecule has 21 aromatic carbocycles. The van der Waals surface area contributed by atoms with Crippen LogP contribution in [0, 0.1) is 24.5 Å². The van der Waals surface area contributed by atoms with E-state index in [0.717, 1.165) is 150 Å². The second-order valence-electron chi connectivity index (χ2n) is 34.8. The minimum Gasteiger partial charge on any atom is -0.238 e. The fourth-order valence-electron chi connectivity index (χ4n) is 18.2. The Bertz CT molecular complexity index is 8790. The second kappa shape index (κ2) is 41.1. The van der Waals surface area contributed by atoms with Gasteiger partial charge in [-0.2, -0.15) is 5.26 Å². The normalized spacial score (nSPS) is 10.9. The van der Waals surface area contributed by atoms with Crippen molar-refractivity contribution in [3.63, 3.8) is 0 Å². The zero-order valence-electron chi connectivity index (χ0n) is 77.9. The van der Waals surface area contributed by atoms with E-state index < -0.39 is 0 Å². The molecule has 0 bridgehead atoms. The Morgan fingerprint density at radius 3 is 0.681 bits per heavy atom. The zero-order valence-corrected chi connectivity index (χ0v) is 77.9. The van der Waals surface area contributed by atoms with Gasteiger partial charge in [-0.25, -0.2) is 54.5 Å². The third-order valence-electron chi connectivity index (χ3n) is 25.7. The highest BCUT2D eigenvalue weighted by Crippen LogP contribution is 2.42. The van der Waals surface area contributed by atoms with E-state index in [9.17, 15) is 5.26 Å². The molecule has 12 heteroatoms. The smallest absolute Gasteiger partial charge is 0.187 e. The summed E-state index contributed by atoms with van der Waals surface area (Å²) in [6, 6.07) is 176. The Morgan fingerprint density at radius 1 is 0.153 bits per heavy atom. The molecule has 3 aromatic heterocycles. The molecule has 0 unspecified atom stereocenters. The van der Waals surface area contributed by atoms with Gasteiger partial charge in [0.15, 0.2) is 63.8 Å². The lowest BCUT2D eigenvalue weighted by Gasteiger charge is -2.12. The van der Waals surface area contributed by atoms with Crippen molar-refractivity contribution in [3.8, 4) is 209 Å². The van der Waals surface area contributed by atoms with Gasteiger partial charge in [0.25, 0.3) is 0 Å². The summed E-state index contributed by atoms with van der Waals surface area (Å²) in [5.41, 5.74) is 30.5. The highest BCUT2D eigenvalue weighted by molar-refractivity contribution is 6.03. The van der Waals surface area contributed by atoms with Crippen molar-refractivity contribution in [3.05, 3.63) is 538 Å². The van der Waals surface area contributed by atoms with E-state index in [1.807, 2.05) is 255 Å². The monoisotopic (exact) mass is 1840 g/mol. The molecule has 0 fully saturated rings. The number of rotatable bonds is 18. The standard InChI is InChI=1S/3C44H28N4/c1-45-39-19-9-16-35(28-39)30-21-23-31(24-22-30)36-26-25-32-15-10-20-40(41(32)29-36)37-17-8-18-38(27-37)44-47-42(33-11-4-2-5-12-33)46-43(48-44)34-13-6-3-7-14-34;1-45-39-26-24-31(25-27-39)30-18-20-32(21-19-30)36-23-22-33-14-9-17-40(41(33)29-36)37-15-8-16-38(28-37)44-47-42(34-10-4-2-5-11-34)46-43(48-44)35-12-6-3-7-13-35;45-29-30-9-7-15-38(27-30)31-17-19-32(20-18-31)39-26-23-33-14-8-16-40(41(33)28-39)34-21-24-37(25-22-34)44-47-42(35-10-3-1-4-11-35)46-43(48-44)36-12-5-2-6-13-36/h2*2-29H;1-28H. The number of fused-ring (bicyclic) bond motifs is 3. The van der Waals surface area contributed by atoms with Crippen LogP contribution in [0.3, 0.4) is 0 Å². The first-order valence-corrected chi connectivity index (χ1v) is 47.4. The van der Waals surface area contributed by atoms with E-state index in [4.69, 9.17) is 58.0 Å². The fraction of sp³-hybridized carbons (Fsp3) is 0. The highest BCUT2D eigenvalue weighted by atomic mass is 15.1. The van der Waals surface area contributed by atoms with Crippen LogP contribution in [0.2, 0.25) is 0 Å². The van der Waals surface area contributed by atoms with Gasteiger partial charge in [-0.15, -0.1) is 0 Å². The van der Waals surface area contributed by atoms with Crippen LogP contribution in [0.4, 0.5) is 11.4 Å². The summed E-state index contributed by atoms with van der Waals surface area (Å²) in [5, 5.41) is 16.4. The lowest BCUT2D eigenvalue weighted by Crippen LogP contribution is -2.00. The van der Waals surface area contributed by atoms with Crippen LogP contribution in [0.5, 0.6) is 0 Å². The average Bonchev–Trinajstić information content (AvgIpc) is 0.778. The van der Waals surface area contributed by atoms with Crippen LogP contribution < -0.4 is 0 Å². The summed E-state index contributed by atoms with van der Waals surface area (Å²) < 4.78 is 0. The lowest BCUT2D eigenvalue weighted by molar-refractivity contribution is 1.07. The molecule has 0 aliphatic heterocycles. The summed E-state index contributed by atoms with van der Waals surface area (Å²) in [7, 11) is 0. The molecule has 144 heavy (non-hydrogen) atoms. The first-order valence-electron chi connectivity index (χ1n) is 47.4. The van der Waals surface area contributed by atoms with Crippen molar-refractivity contribution in [2.24, 2.45) is 0 Å². The minimum atomic E-state index is 0.632. The quantitative estimate of drug-likeness (QED) is 0.0760. The lowest BCUT2D eigenvalue weighted by atomic mass is 9.93. The van der Waals surface area contributed by atoms with E-state index in [1.165, 1.54) is 32.3 Å². The first kappa shape index (κ1) is 89.1. The van der Waals surface area contributed by atoms with Crippen LogP contribution in [0.1, 0.15) is 5.56 Å². The molecule has 24 aromatic rings. The van der Waals surface area contributed by atoms with Gasteiger partial charge in [0.1, 0.15) is 0 Å². The number of aromatic nitrogens is 9. The van der Waals surface area contributed by atoms with Crippen molar-refractivity contribution in [1.29, 1.82) is 5.26 Å². The molecule has 0 amide bonds. The molecule has 0 aliphatic carbocycles. The zero-order chi connectivity index (χ0) is 96.9. The molecule has 0 spiro atoms. The summed E-state index contributed by atoms with van der Waals surface area (Å²) >= 11 is 0. The number of nitrogens with zero attached hydrogens (tertiary/aromatic N) is 12. The van der Waals surface area contributed by atoms with E-state index >= 15 is 0 Å². The van der Waals surface area contributed by atoms with E-state index in [2.05, 4.69) is 271 Å². The molecule has 24 rings (SSSR count). The van der Waals surface area contributed by atoms with E-state index in [1.54, 1.807) is 0 Å². The molecule has 0 saturated carbocycles. The van der Waals surface area contributed by atoms with Crippen LogP contribution in [0.15, 0.2) is 510 Å². The third-order valence-corrected chi connectivity index (χ3v) is 25.7. The Morgan fingerprint density at radius 2 is 0.368 bits per heavy atom. The molecular formula is C132H84N12. The Balaban J connectivity index is 0.000000123. The Labute approximate surface area is 834 Å². The summed E-state index contributed by atoms with van der Waals surface area (Å²) in [6.45, 7) is 14.6. The van der Waals surface area contributed by atoms with Crippen molar-refractivity contribution in [2.45, 2.75) is 0 Å². The molecular weight excluding hydrogens is 1750 g/mol. The second-order valence-corrected chi connectivity index (χ2v) is 34.8. The minimum absolute atomic E-state index is 0.632. The average molecular weight is 1840 g/mol. The SMILES string of the molecule is N#Cc1cccc(-c2ccc(-c3ccc4cccc(-c5ccc(-c6nc(-c7ccccc7)nc(-c7ccccc7)n6)cc5)c4c3)cc2)c1.[C-]#[N+]c1ccc(-c2ccc(-c3ccc4cccc(-c5cccc(-c6nc(-c7ccccc7)nc(-c7ccccc7)n6)c5)c4c3)cc2)cc1.[C-]#[N+]c1cccc(-c2ccc(-c3ccc4cccc(-c5cccc(-c6nc(-c7ccccc7)nc(-c7ccccc7)n6)c5)c4c3)cc2)c1.